The molecular formula is C17H24N2O2. The zero-order valence-electron chi connectivity index (χ0n) is 12.8. The van der Waals surface area contributed by atoms with E-state index in [0.29, 0.717) is 13.1 Å². The van der Waals surface area contributed by atoms with Crippen LogP contribution in [0.1, 0.15) is 32.3 Å². The van der Waals surface area contributed by atoms with Crippen molar-refractivity contribution in [1.29, 1.82) is 0 Å². The number of rotatable bonds is 5. The van der Waals surface area contributed by atoms with Crippen molar-refractivity contribution in [1.82, 2.24) is 10.2 Å². The Morgan fingerprint density at radius 1 is 1.29 bits per heavy atom. The standard InChI is InChI=1S/C17H24N2O2/c1-13(2)17(21)19-12-6-9-15(19)16(20)18-11-10-14-7-4-3-5-8-14/h3-5,7-8,13,15H,6,9-12H2,1-2H3,(H,18,20)/t15-/m1/s1. The van der Waals surface area contributed by atoms with Crippen LogP contribution in [-0.2, 0) is 16.0 Å². The monoisotopic (exact) mass is 288 g/mol. The fourth-order valence-corrected chi connectivity index (χ4v) is 2.73. The third kappa shape index (κ3) is 4.06. The van der Waals surface area contributed by atoms with Crippen LogP contribution in [0.15, 0.2) is 30.3 Å². The summed E-state index contributed by atoms with van der Waals surface area (Å²) >= 11 is 0. The average molecular weight is 288 g/mol. The second-order valence-corrected chi connectivity index (χ2v) is 5.87. The first kappa shape index (κ1) is 15.5. The number of nitrogens with zero attached hydrogens (tertiary/aromatic N) is 1. The zero-order valence-corrected chi connectivity index (χ0v) is 12.8. The molecule has 1 saturated heterocycles. The Kier molecular flexibility index (Phi) is 5.37. The van der Waals surface area contributed by atoms with Gasteiger partial charge in [0.2, 0.25) is 11.8 Å². The van der Waals surface area contributed by atoms with Gasteiger partial charge in [0.1, 0.15) is 6.04 Å². The van der Waals surface area contributed by atoms with Gasteiger partial charge >= 0.3 is 0 Å². The quantitative estimate of drug-likeness (QED) is 0.901. The van der Waals surface area contributed by atoms with E-state index in [1.165, 1.54) is 5.56 Å². The number of hydrogen-bond acceptors (Lipinski definition) is 2. The molecule has 1 N–H and O–H groups in total. The Morgan fingerprint density at radius 2 is 2.00 bits per heavy atom. The number of likely N-dealkylation sites (tertiary alicyclic amines) is 1. The maximum Gasteiger partial charge on any atom is 0.242 e. The molecule has 1 aromatic rings. The lowest BCUT2D eigenvalue weighted by molar-refractivity contribution is -0.140. The zero-order chi connectivity index (χ0) is 15.2. The Balaban J connectivity index is 1.83. The van der Waals surface area contributed by atoms with Gasteiger partial charge in [0, 0.05) is 19.0 Å². The van der Waals surface area contributed by atoms with Gasteiger partial charge in [-0.05, 0) is 24.8 Å². The summed E-state index contributed by atoms with van der Waals surface area (Å²) in [5, 5.41) is 2.96. The molecule has 0 saturated carbocycles. The SMILES string of the molecule is CC(C)C(=O)N1CCC[C@@H]1C(=O)NCCc1ccccc1. The molecule has 1 heterocycles. The summed E-state index contributed by atoms with van der Waals surface area (Å²) < 4.78 is 0. The summed E-state index contributed by atoms with van der Waals surface area (Å²) in [6.07, 6.45) is 2.50. The van der Waals surface area contributed by atoms with E-state index >= 15 is 0 Å². The van der Waals surface area contributed by atoms with Gasteiger partial charge < -0.3 is 10.2 Å². The van der Waals surface area contributed by atoms with Crippen LogP contribution in [0.5, 0.6) is 0 Å². The number of benzene rings is 1. The number of amides is 2. The van der Waals surface area contributed by atoms with Crippen molar-refractivity contribution in [2.45, 2.75) is 39.2 Å². The Hall–Kier alpha value is -1.84. The van der Waals surface area contributed by atoms with Crippen molar-refractivity contribution in [2.75, 3.05) is 13.1 Å². The normalized spacial score (nSPS) is 18.0. The van der Waals surface area contributed by atoms with E-state index in [9.17, 15) is 9.59 Å². The van der Waals surface area contributed by atoms with Gasteiger partial charge in [-0.25, -0.2) is 0 Å². The molecule has 1 aliphatic heterocycles. The van der Waals surface area contributed by atoms with E-state index in [1.807, 2.05) is 32.0 Å². The first-order valence-electron chi connectivity index (χ1n) is 7.71. The lowest BCUT2D eigenvalue weighted by Gasteiger charge is -2.25. The van der Waals surface area contributed by atoms with Gasteiger partial charge in [0.15, 0.2) is 0 Å². The summed E-state index contributed by atoms with van der Waals surface area (Å²) in [6, 6.07) is 9.80. The Bertz CT molecular complexity index is 485. The molecule has 0 spiro atoms. The predicted octanol–water partition coefficient (Wildman–Crippen LogP) is 1.99. The van der Waals surface area contributed by atoms with E-state index in [-0.39, 0.29) is 23.8 Å². The van der Waals surface area contributed by atoms with Gasteiger partial charge in [-0.3, -0.25) is 9.59 Å². The van der Waals surface area contributed by atoms with Gasteiger partial charge in [-0.15, -0.1) is 0 Å². The number of hydrogen-bond donors (Lipinski definition) is 1. The molecule has 2 amide bonds. The van der Waals surface area contributed by atoms with Crippen molar-refractivity contribution in [3.05, 3.63) is 35.9 Å². The van der Waals surface area contributed by atoms with Gasteiger partial charge in [0.25, 0.3) is 0 Å². The van der Waals surface area contributed by atoms with Crippen LogP contribution in [-0.4, -0.2) is 35.8 Å². The van der Waals surface area contributed by atoms with E-state index in [0.717, 1.165) is 19.3 Å². The summed E-state index contributed by atoms with van der Waals surface area (Å²) in [6.45, 7) is 5.08. The molecule has 0 radical (unpaired) electrons. The second-order valence-electron chi connectivity index (χ2n) is 5.87. The maximum atomic E-state index is 12.3. The van der Waals surface area contributed by atoms with E-state index in [2.05, 4.69) is 17.4 Å². The summed E-state index contributed by atoms with van der Waals surface area (Å²) in [7, 11) is 0. The molecule has 0 bridgehead atoms. The topological polar surface area (TPSA) is 49.4 Å². The highest BCUT2D eigenvalue weighted by Gasteiger charge is 2.34. The largest absolute Gasteiger partial charge is 0.354 e. The molecular weight excluding hydrogens is 264 g/mol. The molecule has 1 atom stereocenters. The highest BCUT2D eigenvalue weighted by atomic mass is 16.2. The van der Waals surface area contributed by atoms with Crippen molar-refractivity contribution in [3.8, 4) is 0 Å². The fraction of sp³-hybridized carbons (Fsp3) is 0.529. The van der Waals surface area contributed by atoms with Crippen molar-refractivity contribution in [2.24, 2.45) is 5.92 Å². The molecule has 114 valence electrons. The molecule has 1 fully saturated rings. The Morgan fingerprint density at radius 3 is 2.67 bits per heavy atom. The summed E-state index contributed by atoms with van der Waals surface area (Å²) in [5.74, 6) is 0.0101. The molecule has 0 unspecified atom stereocenters. The van der Waals surface area contributed by atoms with Crippen LogP contribution in [0.25, 0.3) is 0 Å². The molecule has 0 aliphatic carbocycles. The lowest BCUT2D eigenvalue weighted by Crippen LogP contribution is -2.47. The number of carbonyl (C=O) groups is 2. The Labute approximate surface area is 126 Å². The average Bonchev–Trinajstić information content (AvgIpc) is 2.96. The molecule has 21 heavy (non-hydrogen) atoms. The van der Waals surface area contributed by atoms with E-state index < -0.39 is 0 Å². The number of nitrogens with one attached hydrogen (secondary N) is 1. The fourth-order valence-electron chi connectivity index (χ4n) is 2.73. The number of carbonyl (C=O) groups excluding carboxylic acids is 2. The first-order valence-corrected chi connectivity index (χ1v) is 7.71. The van der Waals surface area contributed by atoms with Crippen molar-refractivity contribution < 1.29 is 9.59 Å². The molecule has 4 heteroatoms. The minimum Gasteiger partial charge on any atom is -0.354 e. The third-order valence-electron chi connectivity index (χ3n) is 3.89. The molecule has 2 rings (SSSR count). The molecule has 0 aromatic heterocycles. The second kappa shape index (κ2) is 7.25. The minimum absolute atomic E-state index is 0.0163. The van der Waals surface area contributed by atoms with Crippen LogP contribution >= 0.6 is 0 Å². The third-order valence-corrected chi connectivity index (χ3v) is 3.89. The van der Waals surface area contributed by atoms with Gasteiger partial charge in [-0.1, -0.05) is 44.2 Å². The molecule has 4 nitrogen and oxygen atoms in total. The van der Waals surface area contributed by atoms with Gasteiger partial charge in [0.05, 0.1) is 0 Å². The molecule has 1 aliphatic rings. The van der Waals surface area contributed by atoms with Crippen LogP contribution in [0.2, 0.25) is 0 Å². The smallest absolute Gasteiger partial charge is 0.242 e. The van der Waals surface area contributed by atoms with E-state index in [1.54, 1.807) is 4.90 Å². The van der Waals surface area contributed by atoms with Gasteiger partial charge in [-0.2, -0.15) is 0 Å². The summed E-state index contributed by atoms with van der Waals surface area (Å²) in [5.41, 5.74) is 1.21. The summed E-state index contributed by atoms with van der Waals surface area (Å²) in [4.78, 5) is 26.1. The van der Waals surface area contributed by atoms with Crippen LogP contribution in [0.4, 0.5) is 0 Å². The minimum atomic E-state index is -0.282. The predicted molar refractivity (Wildman–Crippen MR) is 82.7 cm³/mol. The maximum absolute atomic E-state index is 12.3. The van der Waals surface area contributed by atoms with E-state index in [4.69, 9.17) is 0 Å². The van der Waals surface area contributed by atoms with Crippen molar-refractivity contribution >= 4 is 11.8 Å². The highest BCUT2D eigenvalue weighted by molar-refractivity contribution is 5.88. The molecule has 1 aromatic carbocycles. The lowest BCUT2D eigenvalue weighted by atomic mass is 10.1. The van der Waals surface area contributed by atoms with Crippen LogP contribution in [0, 0.1) is 5.92 Å². The first-order chi connectivity index (χ1) is 10.1. The van der Waals surface area contributed by atoms with Crippen molar-refractivity contribution in [3.63, 3.8) is 0 Å². The van der Waals surface area contributed by atoms with Crippen LogP contribution in [0.3, 0.4) is 0 Å². The van der Waals surface area contributed by atoms with Crippen LogP contribution < -0.4 is 5.32 Å². The highest BCUT2D eigenvalue weighted by Crippen LogP contribution is 2.19.